The summed E-state index contributed by atoms with van der Waals surface area (Å²) in [6.45, 7) is 1.96. The molecule has 6 nitrogen and oxygen atoms in total. The van der Waals surface area contributed by atoms with Crippen molar-refractivity contribution in [3.05, 3.63) is 29.8 Å². The normalized spacial score (nSPS) is 18.6. The lowest BCUT2D eigenvalue weighted by molar-refractivity contribution is 0.0861. The van der Waals surface area contributed by atoms with Crippen molar-refractivity contribution in [1.29, 1.82) is 0 Å². The molecule has 0 radical (unpaired) electrons. The Balaban J connectivity index is 2.00. The van der Waals surface area contributed by atoms with Crippen LogP contribution in [0.3, 0.4) is 0 Å². The predicted molar refractivity (Wildman–Crippen MR) is 65.8 cm³/mol. The quantitative estimate of drug-likeness (QED) is 0.805. The lowest BCUT2D eigenvalue weighted by atomic mass is 9.99. The summed E-state index contributed by atoms with van der Waals surface area (Å²) in [6.07, 6.45) is 0.752. The van der Waals surface area contributed by atoms with Crippen LogP contribution < -0.4 is 0 Å². The number of hydrogen-bond donors (Lipinski definition) is 0. The number of aromatic nitrogens is 4. The highest BCUT2D eigenvalue weighted by Gasteiger charge is 2.24. The molecule has 0 aliphatic carbocycles. The van der Waals surface area contributed by atoms with Crippen LogP contribution in [0.15, 0.2) is 29.4 Å². The van der Waals surface area contributed by atoms with Gasteiger partial charge < -0.3 is 4.84 Å². The summed E-state index contributed by atoms with van der Waals surface area (Å²) in [5, 5.41) is 16.1. The van der Waals surface area contributed by atoms with Crippen molar-refractivity contribution < 1.29 is 4.84 Å². The number of tetrazole rings is 1. The van der Waals surface area contributed by atoms with Crippen LogP contribution in [0.1, 0.15) is 25.0 Å². The Morgan fingerprint density at radius 1 is 1.33 bits per heavy atom. The lowest BCUT2D eigenvalue weighted by Crippen LogP contribution is -2.01. The van der Waals surface area contributed by atoms with Gasteiger partial charge in [0.2, 0.25) is 5.82 Å². The first-order chi connectivity index (χ1) is 8.74. The molecule has 92 valence electrons. The monoisotopic (exact) mass is 243 g/mol. The smallest absolute Gasteiger partial charge is 0.205 e. The van der Waals surface area contributed by atoms with Crippen molar-refractivity contribution in [1.82, 2.24) is 20.2 Å². The minimum absolute atomic E-state index is 0.0509. The zero-order chi connectivity index (χ0) is 12.5. The Morgan fingerprint density at radius 2 is 2.17 bits per heavy atom. The summed E-state index contributed by atoms with van der Waals surface area (Å²) in [5.41, 5.74) is 2.99. The number of benzene rings is 1. The van der Waals surface area contributed by atoms with Crippen LogP contribution in [0.25, 0.3) is 11.4 Å². The van der Waals surface area contributed by atoms with Gasteiger partial charge in [0.15, 0.2) is 6.10 Å². The summed E-state index contributed by atoms with van der Waals surface area (Å²) in [4.78, 5) is 6.87. The molecule has 0 fully saturated rings. The molecule has 0 N–H and O–H groups in total. The van der Waals surface area contributed by atoms with Crippen molar-refractivity contribution in [2.75, 3.05) is 0 Å². The highest BCUT2D eigenvalue weighted by Crippen LogP contribution is 2.33. The molecule has 1 atom stereocenters. The van der Waals surface area contributed by atoms with Crippen LogP contribution in [-0.2, 0) is 11.9 Å². The number of rotatable bonds is 2. The van der Waals surface area contributed by atoms with Gasteiger partial charge in [-0.15, -0.1) is 10.2 Å². The van der Waals surface area contributed by atoms with Crippen LogP contribution in [0.4, 0.5) is 0 Å². The van der Waals surface area contributed by atoms with Crippen molar-refractivity contribution >= 4 is 5.71 Å². The predicted octanol–water partition coefficient (Wildman–Crippen LogP) is 1.71. The SMILES string of the molecule is CC1=NO[C@@H](c2ccccc2-c2nnn(C)n2)C1. The fraction of sp³-hybridized carbons (Fsp3) is 0.333. The summed E-state index contributed by atoms with van der Waals surface area (Å²) < 4.78 is 0. The zero-order valence-corrected chi connectivity index (χ0v) is 10.2. The molecule has 0 spiro atoms. The van der Waals surface area contributed by atoms with Gasteiger partial charge in [-0.05, 0) is 12.1 Å². The summed E-state index contributed by atoms with van der Waals surface area (Å²) in [5.74, 6) is 0.612. The molecule has 1 aromatic heterocycles. The minimum atomic E-state index is -0.0509. The molecule has 1 aliphatic heterocycles. The van der Waals surface area contributed by atoms with E-state index in [0.717, 1.165) is 23.3 Å². The Kier molecular flexibility index (Phi) is 2.55. The van der Waals surface area contributed by atoms with Crippen molar-refractivity contribution in [2.45, 2.75) is 19.4 Å². The molecule has 2 heterocycles. The van der Waals surface area contributed by atoms with Gasteiger partial charge in [-0.3, -0.25) is 0 Å². The molecule has 0 bridgehead atoms. The number of nitrogens with zero attached hydrogens (tertiary/aromatic N) is 5. The maximum absolute atomic E-state index is 5.43. The molecule has 18 heavy (non-hydrogen) atoms. The third kappa shape index (κ3) is 1.85. The summed E-state index contributed by atoms with van der Waals surface area (Å²) >= 11 is 0. The topological polar surface area (TPSA) is 65.2 Å². The molecule has 0 saturated carbocycles. The van der Waals surface area contributed by atoms with E-state index in [1.54, 1.807) is 7.05 Å². The average Bonchev–Trinajstić information content (AvgIpc) is 2.98. The molecule has 1 aromatic carbocycles. The van der Waals surface area contributed by atoms with Gasteiger partial charge in [0, 0.05) is 17.5 Å². The standard InChI is InChI=1S/C12H13N5O/c1-8-7-11(18-15-8)9-5-3-4-6-10(9)12-13-16-17(2)14-12/h3-6,11H,7H2,1-2H3/t11-/m1/s1. The molecular weight excluding hydrogens is 230 g/mol. The van der Waals surface area contributed by atoms with E-state index in [4.69, 9.17) is 4.84 Å². The Labute approximate surface area is 104 Å². The molecule has 0 saturated heterocycles. The highest BCUT2D eigenvalue weighted by molar-refractivity contribution is 5.83. The number of oxime groups is 1. The molecule has 1 aliphatic rings. The van der Waals surface area contributed by atoms with Crippen molar-refractivity contribution in [3.8, 4) is 11.4 Å². The lowest BCUT2D eigenvalue weighted by Gasteiger charge is -2.11. The van der Waals surface area contributed by atoms with Gasteiger partial charge in [-0.25, -0.2) is 0 Å². The van der Waals surface area contributed by atoms with E-state index in [-0.39, 0.29) is 6.10 Å². The average molecular weight is 243 g/mol. The van der Waals surface area contributed by atoms with E-state index in [1.165, 1.54) is 4.80 Å². The van der Waals surface area contributed by atoms with Gasteiger partial charge >= 0.3 is 0 Å². The Bertz CT molecular complexity index is 604. The van der Waals surface area contributed by atoms with E-state index in [9.17, 15) is 0 Å². The van der Waals surface area contributed by atoms with E-state index in [1.807, 2.05) is 31.2 Å². The van der Waals surface area contributed by atoms with Gasteiger partial charge in [-0.1, -0.05) is 29.4 Å². The molecule has 6 heteroatoms. The second kappa shape index (κ2) is 4.21. The first kappa shape index (κ1) is 10.9. The van der Waals surface area contributed by atoms with E-state index in [2.05, 4.69) is 20.6 Å². The number of aryl methyl sites for hydroxylation is 1. The first-order valence-corrected chi connectivity index (χ1v) is 5.76. The largest absolute Gasteiger partial charge is 0.387 e. The van der Waals surface area contributed by atoms with Crippen LogP contribution in [0, 0.1) is 0 Å². The van der Waals surface area contributed by atoms with Gasteiger partial charge in [-0.2, -0.15) is 4.80 Å². The highest BCUT2D eigenvalue weighted by atomic mass is 16.6. The summed E-state index contributed by atoms with van der Waals surface area (Å²) in [7, 11) is 1.75. The second-order valence-electron chi connectivity index (χ2n) is 4.31. The molecular formula is C12H13N5O. The molecule has 3 rings (SSSR count). The third-order valence-electron chi connectivity index (χ3n) is 2.87. The fourth-order valence-corrected chi connectivity index (χ4v) is 2.04. The van der Waals surface area contributed by atoms with E-state index in [0.29, 0.717) is 5.82 Å². The van der Waals surface area contributed by atoms with Crippen LogP contribution in [0.2, 0.25) is 0 Å². The van der Waals surface area contributed by atoms with E-state index < -0.39 is 0 Å². The second-order valence-corrected chi connectivity index (χ2v) is 4.31. The summed E-state index contributed by atoms with van der Waals surface area (Å²) in [6, 6.07) is 7.93. The minimum Gasteiger partial charge on any atom is -0.387 e. The third-order valence-corrected chi connectivity index (χ3v) is 2.87. The number of hydrogen-bond acceptors (Lipinski definition) is 5. The van der Waals surface area contributed by atoms with Crippen LogP contribution in [0.5, 0.6) is 0 Å². The van der Waals surface area contributed by atoms with E-state index >= 15 is 0 Å². The maximum atomic E-state index is 5.43. The van der Waals surface area contributed by atoms with Crippen molar-refractivity contribution in [2.24, 2.45) is 12.2 Å². The van der Waals surface area contributed by atoms with Crippen LogP contribution in [-0.4, -0.2) is 25.9 Å². The molecule has 0 amide bonds. The van der Waals surface area contributed by atoms with Gasteiger partial charge in [0.1, 0.15) is 0 Å². The Morgan fingerprint density at radius 3 is 2.83 bits per heavy atom. The first-order valence-electron chi connectivity index (χ1n) is 5.76. The maximum Gasteiger partial charge on any atom is 0.205 e. The van der Waals surface area contributed by atoms with Crippen molar-refractivity contribution in [3.63, 3.8) is 0 Å². The fourth-order valence-electron chi connectivity index (χ4n) is 2.04. The Hall–Kier alpha value is -2.24. The zero-order valence-electron chi connectivity index (χ0n) is 10.2. The van der Waals surface area contributed by atoms with Gasteiger partial charge in [0.05, 0.1) is 12.8 Å². The molecule has 2 aromatic rings. The van der Waals surface area contributed by atoms with Crippen LogP contribution >= 0.6 is 0 Å². The van der Waals surface area contributed by atoms with Gasteiger partial charge in [0.25, 0.3) is 0 Å². The molecule has 0 unspecified atom stereocenters.